The smallest absolute Gasteiger partial charge is 0.243 e. The molecule has 0 spiro atoms. The predicted octanol–water partition coefficient (Wildman–Crippen LogP) is -0.901. The number of nitrogens with two attached hydrogens (primary N) is 2. The number of rotatable bonds is 15. The average molecular weight is 414 g/mol. The van der Waals surface area contributed by atoms with Crippen molar-refractivity contribution >= 4 is 29.9 Å². The molecule has 0 heterocycles. The molecule has 4 amide bonds. The molecule has 0 aromatic rings. The molecule has 0 aromatic heterocycles. The van der Waals surface area contributed by atoms with Gasteiger partial charge in [-0.15, -0.1) is 0 Å². The minimum atomic E-state index is -1.08. The molecule has 7 N–H and O–H groups in total. The first kappa shape index (κ1) is 26.5. The molecule has 0 radical (unpaired) electrons. The molecule has 0 aromatic carbocycles. The molecule has 0 aliphatic rings. The van der Waals surface area contributed by atoms with Crippen LogP contribution in [0.1, 0.15) is 59.8 Å². The molecule has 0 saturated carbocycles. The number of hydrogen-bond acceptors (Lipinski definition) is 6. The lowest BCUT2D eigenvalue weighted by Crippen LogP contribution is -2.56. The van der Waals surface area contributed by atoms with Crippen molar-refractivity contribution in [2.24, 2.45) is 17.4 Å². The second-order valence-electron chi connectivity index (χ2n) is 7.83. The lowest BCUT2D eigenvalue weighted by atomic mass is 10.0. The van der Waals surface area contributed by atoms with Crippen LogP contribution in [0.3, 0.4) is 0 Å². The Labute approximate surface area is 171 Å². The lowest BCUT2D eigenvalue weighted by Gasteiger charge is -2.24. The van der Waals surface area contributed by atoms with E-state index >= 15 is 0 Å². The van der Waals surface area contributed by atoms with Gasteiger partial charge < -0.3 is 32.2 Å². The monoisotopic (exact) mass is 413 g/mol. The normalized spacial score (nSPS) is 14.1. The van der Waals surface area contributed by atoms with Gasteiger partial charge in [-0.25, -0.2) is 0 Å². The summed E-state index contributed by atoms with van der Waals surface area (Å²) in [4.78, 5) is 58.9. The summed E-state index contributed by atoms with van der Waals surface area (Å²) in [5.74, 6) is -2.14. The fourth-order valence-corrected chi connectivity index (χ4v) is 2.63. The summed E-state index contributed by atoms with van der Waals surface area (Å²) in [5, 5.41) is 8.03. The van der Waals surface area contributed by atoms with E-state index in [1.54, 1.807) is 13.8 Å². The molecule has 3 atom stereocenters. The highest BCUT2D eigenvalue weighted by molar-refractivity contribution is 5.93. The second kappa shape index (κ2) is 13.6. The molecule has 0 aliphatic carbocycles. The van der Waals surface area contributed by atoms with E-state index in [9.17, 15) is 24.0 Å². The Bertz CT molecular complexity index is 579. The minimum absolute atomic E-state index is 0.0341. The Morgan fingerprint density at radius 2 is 1.41 bits per heavy atom. The maximum Gasteiger partial charge on any atom is 0.243 e. The van der Waals surface area contributed by atoms with Crippen molar-refractivity contribution in [3.63, 3.8) is 0 Å². The molecule has 0 unspecified atom stereocenters. The molecule has 0 aliphatic heterocycles. The van der Waals surface area contributed by atoms with Gasteiger partial charge in [0, 0.05) is 12.5 Å². The van der Waals surface area contributed by atoms with E-state index < -0.39 is 41.8 Å². The second-order valence-corrected chi connectivity index (χ2v) is 7.83. The number of nitrogens with one attached hydrogen (secondary N) is 3. The van der Waals surface area contributed by atoms with Gasteiger partial charge in [-0.1, -0.05) is 27.7 Å². The van der Waals surface area contributed by atoms with E-state index in [0.717, 1.165) is 6.42 Å². The van der Waals surface area contributed by atoms with Gasteiger partial charge in [-0.05, 0) is 25.2 Å². The molecular weight excluding hydrogens is 378 g/mol. The zero-order valence-electron chi connectivity index (χ0n) is 17.7. The Morgan fingerprint density at radius 3 is 1.86 bits per heavy atom. The van der Waals surface area contributed by atoms with Crippen LogP contribution in [0.15, 0.2) is 0 Å². The summed E-state index contributed by atoms with van der Waals surface area (Å²) in [6.07, 6.45) is 1.43. The predicted molar refractivity (Wildman–Crippen MR) is 108 cm³/mol. The summed E-state index contributed by atoms with van der Waals surface area (Å²) >= 11 is 0. The van der Waals surface area contributed by atoms with Gasteiger partial charge in [0.1, 0.15) is 12.3 Å². The van der Waals surface area contributed by atoms with Gasteiger partial charge in [0.05, 0.1) is 18.5 Å². The van der Waals surface area contributed by atoms with Crippen LogP contribution in [0.25, 0.3) is 0 Å². The van der Waals surface area contributed by atoms with Crippen LogP contribution in [0, 0.1) is 5.92 Å². The minimum Gasteiger partial charge on any atom is -0.370 e. The van der Waals surface area contributed by atoms with Crippen LogP contribution in [0.5, 0.6) is 0 Å². The van der Waals surface area contributed by atoms with Crippen molar-refractivity contribution < 1.29 is 24.0 Å². The van der Waals surface area contributed by atoms with Crippen LogP contribution in [0.4, 0.5) is 0 Å². The highest BCUT2D eigenvalue weighted by Crippen LogP contribution is 2.07. The SMILES string of the molecule is CC(C)CC[C@@H](C=O)NC(=O)[C@H](CCC(N)=O)NC(=O)[C@H](CC(N)=O)NC(C)C. The molecule has 10 nitrogen and oxygen atoms in total. The Balaban J connectivity index is 5.23. The molecule has 0 fully saturated rings. The van der Waals surface area contributed by atoms with E-state index in [1.165, 1.54) is 0 Å². The van der Waals surface area contributed by atoms with Crippen LogP contribution in [-0.2, 0) is 24.0 Å². The largest absolute Gasteiger partial charge is 0.370 e. The fourth-order valence-electron chi connectivity index (χ4n) is 2.63. The highest BCUT2D eigenvalue weighted by Gasteiger charge is 2.28. The van der Waals surface area contributed by atoms with Crippen LogP contribution < -0.4 is 27.4 Å². The van der Waals surface area contributed by atoms with Gasteiger partial charge in [-0.3, -0.25) is 19.2 Å². The molecule has 0 saturated heterocycles. The molecular formula is C19H35N5O5. The third-order valence-electron chi connectivity index (χ3n) is 4.12. The van der Waals surface area contributed by atoms with Gasteiger partial charge in [0.15, 0.2) is 0 Å². The number of hydrogen-bond donors (Lipinski definition) is 5. The summed E-state index contributed by atoms with van der Waals surface area (Å²) in [6, 6.07) is -2.83. The third kappa shape index (κ3) is 12.6. The summed E-state index contributed by atoms with van der Waals surface area (Å²) in [6.45, 7) is 7.59. The first-order chi connectivity index (χ1) is 13.5. The zero-order chi connectivity index (χ0) is 22.6. The van der Waals surface area contributed by atoms with Crippen LogP contribution in [0.2, 0.25) is 0 Å². The third-order valence-corrected chi connectivity index (χ3v) is 4.12. The van der Waals surface area contributed by atoms with E-state index in [-0.39, 0.29) is 25.3 Å². The molecule has 0 bridgehead atoms. The quantitative estimate of drug-likeness (QED) is 0.217. The number of aldehydes is 1. The highest BCUT2D eigenvalue weighted by atomic mass is 16.2. The topological polar surface area (TPSA) is 173 Å². The lowest BCUT2D eigenvalue weighted by molar-refractivity contribution is -0.132. The number of carbonyl (C=O) groups excluding carboxylic acids is 5. The Morgan fingerprint density at radius 1 is 0.828 bits per heavy atom. The fraction of sp³-hybridized carbons (Fsp3) is 0.737. The molecule has 0 rings (SSSR count). The van der Waals surface area contributed by atoms with Gasteiger partial charge in [-0.2, -0.15) is 0 Å². The molecule has 10 heteroatoms. The Kier molecular flexibility index (Phi) is 12.5. The maximum absolute atomic E-state index is 12.6. The maximum atomic E-state index is 12.6. The summed E-state index contributed by atoms with van der Waals surface area (Å²) in [5.41, 5.74) is 10.4. The van der Waals surface area contributed by atoms with Gasteiger partial charge >= 0.3 is 0 Å². The van der Waals surface area contributed by atoms with Crippen molar-refractivity contribution in [1.29, 1.82) is 0 Å². The molecule has 166 valence electrons. The zero-order valence-corrected chi connectivity index (χ0v) is 17.7. The van der Waals surface area contributed by atoms with E-state index in [4.69, 9.17) is 11.5 Å². The van der Waals surface area contributed by atoms with E-state index in [2.05, 4.69) is 16.0 Å². The van der Waals surface area contributed by atoms with Crippen LogP contribution >= 0.6 is 0 Å². The molecule has 29 heavy (non-hydrogen) atoms. The van der Waals surface area contributed by atoms with Crippen molar-refractivity contribution in [3.05, 3.63) is 0 Å². The van der Waals surface area contributed by atoms with Crippen molar-refractivity contribution in [1.82, 2.24) is 16.0 Å². The van der Waals surface area contributed by atoms with Gasteiger partial charge in [0.25, 0.3) is 0 Å². The first-order valence-corrected chi connectivity index (χ1v) is 9.84. The first-order valence-electron chi connectivity index (χ1n) is 9.84. The Hall–Kier alpha value is -2.49. The standard InChI is InChI=1S/C19H35N5O5/c1-11(2)5-6-13(10-25)23-18(28)14(7-8-16(20)26)24-19(29)15(9-17(21)27)22-12(3)4/h10-15,22H,5-9H2,1-4H3,(H2,20,26)(H2,21,27)(H,23,28)(H,24,29)/t13-,14-,15-/m0/s1. The summed E-state index contributed by atoms with van der Waals surface area (Å²) < 4.78 is 0. The summed E-state index contributed by atoms with van der Waals surface area (Å²) in [7, 11) is 0. The number of amides is 4. The number of primary amides is 2. The van der Waals surface area contributed by atoms with Crippen LogP contribution in [-0.4, -0.2) is 54.1 Å². The van der Waals surface area contributed by atoms with E-state index in [0.29, 0.717) is 18.6 Å². The average Bonchev–Trinajstić information content (AvgIpc) is 2.59. The van der Waals surface area contributed by atoms with E-state index in [1.807, 2.05) is 13.8 Å². The van der Waals surface area contributed by atoms with Crippen molar-refractivity contribution in [2.45, 2.75) is 84.0 Å². The number of carbonyl (C=O) groups is 5. The van der Waals surface area contributed by atoms with Crippen molar-refractivity contribution in [3.8, 4) is 0 Å². The van der Waals surface area contributed by atoms with Crippen molar-refractivity contribution in [2.75, 3.05) is 0 Å². The van der Waals surface area contributed by atoms with Gasteiger partial charge in [0.2, 0.25) is 23.6 Å².